The zero-order chi connectivity index (χ0) is 10.0. The minimum absolute atomic E-state index is 0.286. The van der Waals surface area contributed by atoms with Gasteiger partial charge in [-0.3, -0.25) is 0 Å². The molecule has 0 radical (unpaired) electrons. The first kappa shape index (κ1) is 5.74. The van der Waals surface area contributed by atoms with E-state index in [0.29, 0.717) is 9.79 Å². The van der Waals surface area contributed by atoms with Crippen LogP contribution in [0.25, 0.3) is 0 Å². The second kappa shape index (κ2) is 0.424. The van der Waals surface area contributed by atoms with Crippen molar-refractivity contribution in [2.45, 2.75) is 51.0 Å². The van der Waals surface area contributed by atoms with E-state index in [2.05, 4.69) is 0 Å². The summed E-state index contributed by atoms with van der Waals surface area (Å²) in [6.07, 6.45) is 1.19. The Morgan fingerprint density at radius 3 is 1.75 bits per heavy atom. The van der Waals surface area contributed by atoms with Crippen LogP contribution in [0, 0.1) is 0 Å². The molecule has 84 valence electrons. The molecule has 0 aromatic carbocycles. The van der Waals surface area contributed by atoms with Crippen LogP contribution in [0.5, 0.6) is 0 Å². The van der Waals surface area contributed by atoms with Gasteiger partial charge >= 0.3 is 80.4 Å². The molecule has 10 fully saturated rings. The van der Waals surface area contributed by atoms with Crippen LogP contribution in [-0.2, 0) is 17.3 Å². The SMILES string of the molecule is O=CCC(=O)[C]12[CH]3[CH]4[CH]5[CH]1[Ru]45321678[CH]2[CH]1[CH]6[CH]7[CH]28. The predicted molar refractivity (Wildman–Crippen MR) is 52.1 cm³/mol. The van der Waals surface area contributed by atoms with E-state index >= 15 is 0 Å². The van der Waals surface area contributed by atoms with Gasteiger partial charge in [-0.05, 0) is 0 Å². The first-order valence-corrected chi connectivity index (χ1v) is 16.6. The van der Waals surface area contributed by atoms with E-state index in [-0.39, 0.29) is 6.42 Å². The summed E-state index contributed by atoms with van der Waals surface area (Å²) in [4.78, 5) is 23.4. The Morgan fingerprint density at radius 1 is 1.00 bits per heavy atom. The molecule has 4 unspecified atom stereocenters. The minimum atomic E-state index is -3.44. The molecular weight excluding hydrogens is 289 g/mol. The standard InChI is InChI=1S/C8H7O2.C5H5.Ru/c9-6-5-8(10)7-3-1-2-4-7;1-2-4-5-3-1;/h1-4,6H,5H2;1-5H;. The Balaban J connectivity index is 1.66. The van der Waals surface area contributed by atoms with Gasteiger partial charge in [0, 0.05) is 0 Å². The number of rotatable bonds is 3. The maximum absolute atomic E-state index is 12.6. The number of fused-ring (bicyclic) bond motifs is 10. The van der Waals surface area contributed by atoms with Gasteiger partial charge in [-0.15, -0.1) is 0 Å². The molecule has 2 nitrogen and oxygen atoms in total. The number of carbonyl (C=O) groups excluding carboxylic acids is 2. The second-order valence-electron chi connectivity index (χ2n) is 10.5. The normalized spacial score (nSPS) is 125. The van der Waals surface area contributed by atoms with Crippen molar-refractivity contribution in [2.24, 2.45) is 0 Å². The average molecular weight is 301 g/mol. The molecule has 10 heterocycles. The van der Waals surface area contributed by atoms with E-state index in [9.17, 15) is 9.59 Å². The molecule has 0 aromatic heterocycles. The van der Waals surface area contributed by atoms with Crippen molar-refractivity contribution in [3.8, 4) is 0 Å². The third-order valence-corrected chi connectivity index (χ3v) is 82.0. The van der Waals surface area contributed by atoms with E-state index in [1.54, 1.807) is 0 Å². The molecule has 1 spiro atoms. The van der Waals surface area contributed by atoms with E-state index in [0.717, 1.165) is 15.3 Å². The first-order valence-electron chi connectivity index (χ1n) is 6.71. The van der Waals surface area contributed by atoms with Gasteiger partial charge in [0.1, 0.15) is 0 Å². The quantitative estimate of drug-likeness (QED) is 0.456. The summed E-state index contributed by atoms with van der Waals surface area (Å²) in [5.41, 5.74) is 0. The summed E-state index contributed by atoms with van der Waals surface area (Å²) in [7, 11) is -3.44. The van der Waals surface area contributed by atoms with Crippen molar-refractivity contribution in [1.82, 2.24) is 0 Å². The number of ketones is 1. The van der Waals surface area contributed by atoms with Crippen LogP contribution in [0.1, 0.15) is 6.42 Å². The third kappa shape index (κ3) is 0.0476. The van der Waals surface area contributed by atoms with Crippen molar-refractivity contribution in [2.75, 3.05) is 0 Å². The Hall–Kier alpha value is -0.0366. The molecular formula is C13H12O2Ru. The third-order valence-electron chi connectivity index (χ3n) is 15.4. The summed E-state index contributed by atoms with van der Waals surface area (Å²) in [6, 6.07) is 0. The van der Waals surface area contributed by atoms with Crippen LogP contribution < -0.4 is 0 Å². The van der Waals surface area contributed by atoms with Gasteiger partial charge in [0.15, 0.2) is 0 Å². The fraction of sp³-hybridized carbons (Fsp3) is 0.846. The Kier molecular flexibility index (Phi) is 0.152. The molecule has 10 aliphatic heterocycles. The average Bonchev–Trinajstić information content (AvgIpc) is 3.23. The molecule has 16 heavy (non-hydrogen) atoms. The molecule has 10 aliphatic rings. The van der Waals surface area contributed by atoms with E-state index in [1.165, 1.54) is 31.6 Å². The van der Waals surface area contributed by atoms with Gasteiger partial charge in [0.05, 0.1) is 0 Å². The number of hydrogen-bond acceptors (Lipinski definition) is 2. The Morgan fingerprint density at radius 2 is 1.50 bits per heavy atom. The Bertz CT molecular complexity index is 909. The van der Waals surface area contributed by atoms with Crippen molar-refractivity contribution in [3.05, 3.63) is 0 Å². The molecule has 0 aromatic rings. The van der Waals surface area contributed by atoms with Gasteiger partial charge in [-0.2, -0.15) is 0 Å². The topological polar surface area (TPSA) is 34.1 Å². The van der Waals surface area contributed by atoms with Crippen molar-refractivity contribution in [1.29, 1.82) is 0 Å². The maximum atomic E-state index is 12.6. The molecule has 0 bridgehead atoms. The zero-order valence-corrected chi connectivity index (χ0v) is 10.4. The van der Waals surface area contributed by atoms with Crippen LogP contribution in [0.15, 0.2) is 0 Å². The van der Waals surface area contributed by atoms with Gasteiger partial charge in [-0.25, -0.2) is 0 Å². The molecule has 0 aliphatic carbocycles. The summed E-state index contributed by atoms with van der Waals surface area (Å²) in [6.45, 7) is 0. The van der Waals surface area contributed by atoms with Crippen LogP contribution in [0.3, 0.4) is 0 Å². The van der Waals surface area contributed by atoms with Crippen molar-refractivity contribution >= 4 is 12.1 Å². The summed E-state index contributed by atoms with van der Waals surface area (Å²) < 4.78 is 11.1. The molecule has 0 amide bonds. The molecule has 0 N–H and O–H groups in total. The fourth-order valence-electron chi connectivity index (χ4n) is 17.2. The van der Waals surface area contributed by atoms with E-state index in [1.807, 2.05) is 0 Å². The molecule has 4 atom stereocenters. The first-order chi connectivity index (χ1) is 7.53. The van der Waals surface area contributed by atoms with Crippen LogP contribution >= 0.6 is 0 Å². The molecule has 10 saturated heterocycles. The van der Waals surface area contributed by atoms with E-state index in [4.69, 9.17) is 0 Å². The number of carbonyl (C=O) groups is 2. The summed E-state index contributed by atoms with van der Waals surface area (Å²) in [5, 5.41) is 0. The summed E-state index contributed by atoms with van der Waals surface area (Å²) >= 11 is 0. The van der Waals surface area contributed by atoms with Gasteiger partial charge in [0.25, 0.3) is 0 Å². The van der Waals surface area contributed by atoms with E-state index < -0.39 is 7.72 Å². The molecule has 10 rings (SSSR count). The van der Waals surface area contributed by atoms with Crippen LogP contribution in [0.2, 0.25) is 44.6 Å². The summed E-state index contributed by atoms with van der Waals surface area (Å²) in [5.74, 6) is 0.489. The van der Waals surface area contributed by atoms with Gasteiger partial charge in [0.2, 0.25) is 0 Å². The van der Waals surface area contributed by atoms with Crippen molar-refractivity contribution < 1.29 is 17.3 Å². The number of aldehydes is 1. The van der Waals surface area contributed by atoms with Crippen molar-refractivity contribution in [3.63, 3.8) is 0 Å². The molecule has 0 saturated carbocycles. The molecule has 3 heteroatoms. The monoisotopic (exact) mass is 302 g/mol. The number of hydrogen-bond donors (Lipinski definition) is 0. The zero-order valence-electron chi connectivity index (χ0n) is 8.65. The Labute approximate surface area is 80.5 Å². The predicted octanol–water partition coefficient (Wildman–Crippen LogP) is 2.90. The second-order valence-corrected chi connectivity index (χ2v) is 47.6. The number of Topliss-reactive ketones (excluding diaryl/α,β-unsaturated/α-hetero) is 1. The van der Waals surface area contributed by atoms with Crippen LogP contribution in [-0.4, -0.2) is 12.1 Å². The van der Waals surface area contributed by atoms with Gasteiger partial charge < -0.3 is 0 Å². The van der Waals surface area contributed by atoms with Gasteiger partial charge in [-0.1, -0.05) is 0 Å². The van der Waals surface area contributed by atoms with Crippen LogP contribution in [0.4, 0.5) is 0 Å². The fourth-order valence-corrected chi connectivity index (χ4v) is 150.